The minimum Gasteiger partial charge on any atom is -0.411 e. The monoisotopic (exact) mass is 937 g/mol. The van der Waals surface area contributed by atoms with Crippen molar-refractivity contribution in [3.8, 4) is 44.8 Å². The molecule has 0 bridgehead atoms. The van der Waals surface area contributed by atoms with Crippen molar-refractivity contribution in [3.63, 3.8) is 0 Å². The van der Waals surface area contributed by atoms with E-state index in [1.54, 1.807) is 31.7 Å². The molecule has 67 heavy (non-hydrogen) atoms. The average molecular weight is 938 g/mol. The average Bonchev–Trinajstić information content (AvgIpc) is 3.97. The van der Waals surface area contributed by atoms with Gasteiger partial charge in [0, 0.05) is 57.6 Å². The SMILES string of the molecule is C/C(=N\O)c1c(C2CCS(=O)(=O)CC2)nc2c(-c3ccc(-c4ccccc4)nc3)cnn2c1N.CC(=O)c1c(C2CCS(=O)(=O)CC2)nc2c(-c3ccc(-c4ccccc4)nc3)cnn2c1N. The van der Waals surface area contributed by atoms with E-state index in [0.717, 1.165) is 44.8 Å². The van der Waals surface area contributed by atoms with Crippen LogP contribution in [0.2, 0.25) is 0 Å². The van der Waals surface area contributed by atoms with Crippen molar-refractivity contribution in [1.29, 1.82) is 0 Å². The first-order valence-electron chi connectivity index (χ1n) is 21.7. The number of ketones is 1. The fraction of sp³-hybridized carbons (Fsp3) is 0.250. The van der Waals surface area contributed by atoms with E-state index in [1.165, 1.54) is 16.0 Å². The highest BCUT2D eigenvalue weighted by Gasteiger charge is 2.32. The lowest BCUT2D eigenvalue weighted by Gasteiger charge is -2.24. The summed E-state index contributed by atoms with van der Waals surface area (Å²) in [6.45, 7) is 3.08. The second kappa shape index (κ2) is 18.1. The largest absolute Gasteiger partial charge is 0.411 e. The highest BCUT2D eigenvalue weighted by Crippen LogP contribution is 2.37. The molecule has 2 saturated heterocycles. The molecule has 2 aliphatic heterocycles. The van der Waals surface area contributed by atoms with Crippen LogP contribution in [0.25, 0.3) is 56.1 Å². The number of carbonyl (C=O) groups is 1. The molecule has 6 aromatic heterocycles. The molecular weight excluding hydrogens is 891 g/mol. The van der Waals surface area contributed by atoms with E-state index >= 15 is 0 Å². The Morgan fingerprint density at radius 3 is 1.36 bits per heavy atom. The molecule has 2 aliphatic rings. The zero-order chi connectivity index (χ0) is 47.0. The maximum Gasteiger partial charge on any atom is 0.165 e. The van der Waals surface area contributed by atoms with E-state index < -0.39 is 19.7 Å². The van der Waals surface area contributed by atoms with Gasteiger partial charge in [0.2, 0.25) is 0 Å². The van der Waals surface area contributed by atoms with E-state index in [4.69, 9.17) is 21.4 Å². The molecule has 2 aromatic carbocycles. The first-order valence-corrected chi connectivity index (χ1v) is 25.3. The number of benzene rings is 2. The molecule has 0 radical (unpaired) electrons. The molecule has 10 rings (SSSR count). The summed E-state index contributed by atoms with van der Waals surface area (Å²) >= 11 is 0. The third-order valence-electron chi connectivity index (χ3n) is 12.5. The van der Waals surface area contributed by atoms with Crippen molar-refractivity contribution in [1.82, 2.24) is 39.2 Å². The summed E-state index contributed by atoms with van der Waals surface area (Å²) in [6.07, 6.45) is 8.60. The van der Waals surface area contributed by atoms with Gasteiger partial charge in [-0.15, -0.1) is 0 Å². The highest BCUT2D eigenvalue weighted by atomic mass is 32.2. The van der Waals surface area contributed by atoms with Crippen LogP contribution in [0.4, 0.5) is 11.6 Å². The first-order chi connectivity index (χ1) is 32.2. The smallest absolute Gasteiger partial charge is 0.165 e. The third-order valence-corrected chi connectivity index (χ3v) is 15.9. The van der Waals surface area contributed by atoms with Gasteiger partial charge in [0.15, 0.2) is 17.1 Å². The molecule has 0 saturated carbocycles. The zero-order valence-electron chi connectivity index (χ0n) is 36.7. The molecule has 8 aromatic rings. The molecule has 0 unspecified atom stereocenters. The molecular formula is C48H47N11O6S2. The summed E-state index contributed by atoms with van der Waals surface area (Å²) in [5.41, 5.74) is 23.1. The molecule has 0 spiro atoms. The Morgan fingerprint density at radius 1 is 0.582 bits per heavy atom. The molecule has 5 N–H and O–H groups in total. The van der Waals surface area contributed by atoms with E-state index in [-0.39, 0.29) is 46.4 Å². The maximum absolute atomic E-state index is 12.5. The van der Waals surface area contributed by atoms with Gasteiger partial charge in [-0.05, 0) is 51.7 Å². The van der Waals surface area contributed by atoms with Crippen LogP contribution in [0.1, 0.15) is 78.7 Å². The number of sulfone groups is 2. The van der Waals surface area contributed by atoms with Crippen LogP contribution in [0.3, 0.4) is 0 Å². The van der Waals surface area contributed by atoms with Crippen molar-refractivity contribution in [2.75, 3.05) is 34.5 Å². The van der Waals surface area contributed by atoms with Crippen LogP contribution in [0, 0.1) is 0 Å². The standard InChI is InChI=1S/C24H24N6O3S.C24H23N5O3S/c1-15(29-31)21-22(17-9-11-34(32,33)12-10-17)28-24-19(14-27-30(24)23(21)25)18-7-8-20(26-13-18)16-5-3-2-4-6-16;1-15(30)21-22(17-9-11-33(31,32)12-10-17)28-24-19(14-27-29(24)23(21)25)18-7-8-20(26-13-18)16-5-3-2-4-6-16/h2-8,13-14,17,31H,9-12,25H2,1H3;2-8,13-14,17H,9-12,25H2,1H3/b29-15+;. The minimum atomic E-state index is -3.05. The summed E-state index contributed by atoms with van der Waals surface area (Å²) in [5, 5.41) is 21.6. The van der Waals surface area contributed by atoms with Crippen LogP contribution < -0.4 is 11.5 Å². The maximum atomic E-state index is 12.5. The topological polar surface area (TPSA) is 256 Å². The Labute approximate surface area is 386 Å². The van der Waals surface area contributed by atoms with E-state index in [0.29, 0.717) is 71.0 Å². The highest BCUT2D eigenvalue weighted by molar-refractivity contribution is 7.91. The Balaban J connectivity index is 0.000000168. The van der Waals surface area contributed by atoms with Crippen molar-refractivity contribution in [3.05, 3.63) is 132 Å². The van der Waals surface area contributed by atoms with Gasteiger partial charge in [0.05, 0.1) is 75.0 Å². The number of pyridine rings is 2. The molecule has 0 atom stereocenters. The van der Waals surface area contributed by atoms with E-state index in [1.807, 2.05) is 84.9 Å². The van der Waals surface area contributed by atoms with Gasteiger partial charge in [0.25, 0.3) is 0 Å². The van der Waals surface area contributed by atoms with Crippen molar-refractivity contribution >= 4 is 54.1 Å². The summed E-state index contributed by atoms with van der Waals surface area (Å²) in [7, 11) is -6.09. The van der Waals surface area contributed by atoms with Crippen LogP contribution >= 0.6 is 0 Å². The molecule has 8 heterocycles. The van der Waals surface area contributed by atoms with Crippen LogP contribution in [-0.2, 0) is 19.7 Å². The van der Waals surface area contributed by atoms with Gasteiger partial charge in [0.1, 0.15) is 31.3 Å². The number of nitrogens with two attached hydrogens (primary N) is 2. The summed E-state index contributed by atoms with van der Waals surface area (Å²) in [6, 6.07) is 27.6. The first kappa shape index (κ1) is 44.8. The fourth-order valence-corrected chi connectivity index (χ4v) is 11.8. The van der Waals surface area contributed by atoms with Gasteiger partial charge in [-0.25, -0.2) is 26.8 Å². The number of Topliss-reactive ketones (excluding diaryl/α,β-unsaturated/α-hetero) is 1. The second-order valence-electron chi connectivity index (χ2n) is 16.8. The van der Waals surface area contributed by atoms with Crippen molar-refractivity contribution in [2.45, 2.75) is 51.4 Å². The minimum absolute atomic E-state index is 0.0821. The molecule has 0 amide bonds. The van der Waals surface area contributed by atoms with E-state index in [2.05, 4.69) is 25.3 Å². The summed E-state index contributed by atoms with van der Waals surface area (Å²) < 4.78 is 50.8. The van der Waals surface area contributed by atoms with Crippen LogP contribution in [0.15, 0.2) is 115 Å². The molecule has 342 valence electrons. The molecule has 0 aliphatic carbocycles. The molecule has 17 nitrogen and oxygen atoms in total. The fourth-order valence-electron chi connectivity index (χ4n) is 8.84. The second-order valence-corrected chi connectivity index (χ2v) is 21.4. The lowest BCUT2D eigenvalue weighted by atomic mass is 9.93. The number of anilines is 2. The third kappa shape index (κ3) is 8.99. The van der Waals surface area contributed by atoms with Gasteiger partial charge < -0.3 is 16.7 Å². The zero-order valence-corrected chi connectivity index (χ0v) is 38.3. The quantitative estimate of drug-likeness (QED) is 0.0596. The predicted octanol–water partition coefficient (Wildman–Crippen LogP) is 7.07. The number of oxime groups is 1. The number of carbonyl (C=O) groups excluding carboxylic acids is 1. The lowest BCUT2D eigenvalue weighted by Crippen LogP contribution is -2.25. The van der Waals surface area contributed by atoms with Gasteiger partial charge in [-0.2, -0.15) is 19.2 Å². The Bertz CT molecular complexity index is 3390. The number of nitrogens with zero attached hydrogens (tertiary/aromatic N) is 9. The normalized spacial score (nSPS) is 16.4. The number of hydrogen-bond donors (Lipinski definition) is 3. The number of aromatic nitrogens is 8. The Morgan fingerprint density at radius 2 is 0.985 bits per heavy atom. The predicted molar refractivity (Wildman–Crippen MR) is 257 cm³/mol. The van der Waals surface area contributed by atoms with Crippen molar-refractivity contribution in [2.24, 2.45) is 5.16 Å². The lowest BCUT2D eigenvalue weighted by molar-refractivity contribution is 0.101. The Hall–Kier alpha value is -7.38. The summed E-state index contributed by atoms with van der Waals surface area (Å²) in [4.78, 5) is 31.4. The number of nitrogen functional groups attached to an aromatic ring is 2. The van der Waals surface area contributed by atoms with Crippen molar-refractivity contribution < 1.29 is 26.8 Å². The number of fused-ring (bicyclic) bond motifs is 2. The van der Waals surface area contributed by atoms with E-state index in [9.17, 15) is 26.8 Å². The Kier molecular flexibility index (Phi) is 12.1. The van der Waals surface area contributed by atoms with Gasteiger partial charge in [-0.1, -0.05) is 78.0 Å². The summed E-state index contributed by atoms with van der Waals surface area (Å²) in [5.74, 6) is 0.380. The van der Waals surface area contributed by atoms with Crippen LogP contribution in [-0.4, -0.2) is 95.7 Å². The van der Waals surface area contributed by atoms with Crippen LogP contribution in [0.5, 0.6) is 0 Å². The number of rotatable bonds is 8. The number of hydrogen-bond acceptors (Lipinski definition) is 15. The molecule has 2 fully saturated rings. The molecule has 19 heteroatoms. The van der Waals surface area contributed by atoms with Gasteiger partial charge in [-0.3, -0.25) is 14.8 Å². The van der Waals surface area contributed by atoms with Gasteiger partial charge >= 0.3 is 0 Å².